The molecule has 0 saturated carbocycles. The number of hydrogen-bond acceptors (Lipinski definition) is 5. The van der Waals surface area contributed by atoms with Gasteiger partial charge in [0.25, 0.3) is 11.8 Å². The van der Waals surface area contributed by atoms with Gasteiger partial charge in [-0.3, -0.25) is 19.3 Å². The van der Waals surface area contributed by atoms with Crippen molar-refractivity contribution in [1.82, 2.24) is 9.47 Å². The minimum Gasteiger partial charge on any atom is -0.454 e. The van der Waals surface area contributed by atoms with Gasteiger partial charge in [-0.05, 0) is 51.0 Å². The second-order valence-electron chi connectivity index (χ2n) is 7.81. The van der Waals surface area contributed by atoms with E-state index in [4.69, 9.17) is 4.74 Å². The summed E-state index contributed by atoms with van der Waals surface area (Å²) in [7, 11) is 0. The van der Waals surface area contributed by atoms with Crippen LogP contribution >= 0.6 is 0 Å². The highest BCUT2D eigenvalue weighted by molar-refractivity contribution is 6.22. The average Bonchev–Trinajstić information content (AvgIpc) is 3.18. The number of imide groups is 1. The van der Waals surface area contributed by atoms with E-state index in [0.29, 0.717) is 12.1 Å². The first-order chi connectivity index (χ1) is 14.8. The molecule has 0 atom stereocenters. The number of esters is 1. The summed E-state index contributed by atoms with van der Waals surface area (Å²) in [6.45, 7) is 8.66. The van der Waals surface area contributed by atoms with Crippen LogP contribution in [-0.2, 0) is 11.3 Å². The van der Waals surface area contributed by atoms with E-state index in [2.05, 4.69) is 11.5 Å². The molecule has 164 valence electrons. The topological polar surface area (TPSA) is 85.7 Å². The summed E-state index contributed by atoms with van der Waals surface area (Å²) in [4.78, 5) is 51.3. The molecule has 0 aliphatic carbocycles. The number of aromatic nitrogens is 1. The molecule has 1 aromatic carbocycles. The standard InChI is InChI=1S/C24H28N2O5/c1-5-7-11-26-22(28)18-9-8-17(13-20(18)23(26)29)24(30)31-14-21(27)19-12-15(3)25(10-6-2)16(19)4/h8-9,12-13H,5-7,10-11,14H2,1-4H3. The number of benzene rings is 1. The molecule has 0 spiro atoms. The fourth-order valence-electron chi connectivity index (χ4n) is 3.88. The van der Waals surface area contributed by atoms with Gasteiger partial charge in [0.2, 0.25) is 5.78 Å². The Hall–Kier alpha value is -3.22. The smallest absolute Gasteiger partial charge is 0.338 e. The number of ether oxygens (including phenoxy) is 1. The lowest BCUT2D eigenvalue weighted by molar-refractivity contribution is 0.0474. The normalized spacial score (nSPS) is 13.0. The van der Waals surface area contributed by atoms with Crippen LogP contribution in [0.4, 0.5) is 0 Å². The second kappa shape index (κ2) is 9.29. The van der Waals surface area contributed by atoms with Crippen LogP contribution in [0.2, 0.25) is 0 Å². The van der Waals surface area contributed by atoms with Gasteiger partial charge in [-0.25, -0.2) is 4.79 Å². The van der Waals surface area contributed by atoms with Gasteiger partial charge in [-0.2, -0.15) is 0 Å². The molecule has 0 saturated heterocycles. The third-order valence-electron chi connectivity index (χ3n) is 5.60. The van der Waals surface area contributed by atoms with Gasteiger partial charge >= 0.3 is 5.97 Å². The van der Waals surface area contributed by atoms with Crippen LogP contribution in [0.5, 0.6) is 0 Å². The molecule has 7 heteroatoms. The lowest BCUT2D eigenvalue weighted by atomic mass is 10.1. The Balaban J connectivity index is 1.70. The Morgan fingerprint density at radius 3 is 2.32 bits per heavy atom. The first-order valence-corrected chi connectivity index (χ1v) is 10.7. The van der Waals surface area contributed by atoms with Crippen molar-refractivity contribution in [3.63, 3.8) is 0 Å². The molecule has 2 aromatic rings. The number of unbranched alkanes of at least 4 members (excludes halogenated alkanes) is 1. The summed E-state index contributed by atoms with van der Waals surface area (Å²) in [6.07, 6.45) is 2.54. The monoisotopic (exact) mass is 424 g/mol. The molecular formula is C24H28N2O5. The molecule has 0 radical (unpaired) electrons. The summed E-state index contributed by atoms with van der Waals surface area (Å²) >= 11 is 0. The number of carbonyl (C=O) groups excluding carboxylic acids is 4. The summed E-state index contributed by atoms with van der Waals surface area (Å²) < 4.78 is 7.29. The van der Waals surface area contributed by atoms with E-state index < -0.39 is 11.9 Å². The maximum absolute atomic E-state index is 12.6. The molecule has 3 rings (SSSR count). The van der Waals surface area contributed by atoms with Crippen LogP contribution in [0.3, 0.4) is 0 Å². The number of rotatable bonds is 9. The minimum absolute atomic E-state index is 0.140. The Kier molecular flexibility index (Phi) is 6.73. The molecule has 7 nitrogen and oxygen atoms in total. The third-order valence-corrected chi connectivity index (χ3v) is 5.60. The van der Waals surface area contributed by atoms with Crippen LogP contribution in [0.25, 0.3) is 0 Å². The van der Waals surface area contributed by atoms with Crippen molar-refractivity contribution in [2.24, 2.45) is 0 Å². The molecule has 1 aliphatic rings. The highest BCUT2D eigenvalue weighted by atomic mass is 16.5. The van der Waals surface area contributed by atoms with E-state index in [1.165, 1.54) is 23.1 Å². The van der Waals surface area contributed by atoms with Crippen LogP contribution < -0.4 is 0 Å². The summed E-state index contributed by atoms with van der Waals surface area (Å²) in [5.74, 6) is -1.72. The largest absolute Gasteiger partial charge is 0.454 e. The van der Waals surface area contributed by atoms with Crippen molar-refractivity contribution in [3.8, 4) is 0 Å². The van der Waals surface area contributed by atoms with E-state index in [-0.39, 0.29) is 35.0 Å². The van der Waals surface area contributed by atoms with E-state index in [0.717, 1.165) is 37.2 Å². The molecule has 2 heterocycles. The Labute approximate surface area is 182 Å². The van der Waals surface area contributed by atoms with Crippen LogP contribution in [-0.4, -0.2) is 46.2 Å². The summed E-state index contributed by atoms with van der Waals surface area (Å²) in [5, 5.41) is 0. The molecule has 2 amide bonds. The number of carbonyl (C=O) groups is 4. The fourth-order valence-corrected chi connectivity index (χ4v) is 3.88. The molecule has 0 N–H and O–H groups in total. The Morgan fingerprint density at radius 1 is 0.935 bits per heavy atom. The summed E-state index contributed by atoms with van der Waals surface area (Å²) in [6, 6.07) is 6.11. The van der Waals surface area contributed by atoms with Gasteiger partial charge < -0.3 is 9.30 Å². The van der Waals surface area contributed by atoms with Crippen molar-refractivity contribution < 1.29 is 23.9 Å². The number of ketones is 1. The minimum atomic E-state index is -0.703. The van der Waals surface area contributed by atoms with Crippen molar-refractivity contribution in [3.05, 3.63) is 57.9 Å². The molecule has 0 unspecified atom stereocenters. The number of amides is 2. The van der Waals surface area contributed by atoms with Gasteiger partial charge in [-0.1, -0.05) is 20.3 Å². The highest BCUT2D eigenvalue weighted by Gasteiger charge is 2.35. The van der Waals surface area contributed by atoms with Gasteiger partial charge in [-0.15, -0.1) is 0 Å². The first-order valence-electron chi connectivity index (χ1n) is 10.7. The lowest BCUT2D eigenvalue weighted by Gasteiger charge is -2.12. The number of hydrogen-bond donors (Lipinski definition) is 0. The van der Waals surface area contributed by atoms with Gasteiger partial charge in [0.05, 0.1) is 16.7 Å². The van der Waals surface area contributed by atoms with Crippen LogP contribution in [0, 0.1) is 13.8 Å². The quantitative estimate of drug-likeness (QED) is 0.346. The SMILES string of the molecule is CCCCN1C(=O)c2ccc(C(=O)OCC(=O)c3cc(C)n(CCC)c3C)cc2C1=O. The number of aryl methyl sites for hydroxylation is 1. The number of fused-ring (bicyclic) bond motifs is 1. The van der Waals surface area contributed by atoms with Gasteiger partial charge in [0.1, 0.15) is 0 Å². The van der Waals surface area contributed by atoms with Gasteiger partial charge in [0.15, 0.2) is 6.61 Å². The second-order valence-corrected chi connectivity index (χ2v) is 7.81. The maximum Gasteiger partial charge on any atom is 0.338 e. The van der Waals surface area contributed by atoms with Crippen molar-refractivity contribution in [1.29, 1.82) is 0 Å². The zero-order chi connectivity index (χ0) is 22.7. The predicted molar refractivity (Wildman–Crippen MR) is 116 cm³/mol. The van der Waals surface area contributed by atoms with E-state index >= 15 is 0 Å². The number of nitrogens with zero attached hydrogens (tertiary/aromatic N) is 2. The van der Waals surface area contributed by atoms with Crippen molar-refractivity contribution >= 4 is 23.6 Å². The molecule has 1 aromatic heterocycles. The molecule has 0 fully saturated rings. The first kappa shape index (κ1) is 22.5. The van der Waals surface area contributed by atoms with E-state index in [1.54, 1.807) is 0 Å². The molecule has 31 heavy (non-hydrogen) atoms. The predicted octanol–water partition coefficient (Wildman–Crippen LogP) is 3.95. The number of Topliss-reactive ketones (excluding diaryl/α,β-unsaturated/α-hetero) is 1. The van der Waals surface area contributed by atoms with E-state index in [9.17, 15) is 19.2 Å². The lowest BCUT2D eigenvalue weighted by Crippen LogP contribution is -2.30. The fraction of sp³-hybridized carbons (Fsp3) is 0.417. The zero-order valence-corrected chi connectivity index (χ0v) is 18.5. The van der Waals surface area contributed by atoms with E-state index in [1.807, 2.05) is 26.8 Å². The zero-order valence-electron chi connectivity index (χ0n) is 18.5. The molecule has 0 bridgehead atoms. The van der Waals surface area contributed by atoms with Crippen molar-refractivity contribution in [2.75, 3.05) is 13.2 Å². The molecular weight excluding hydrogens is 396 g/mol. The molecule has 1 aliphatic heterocycles. The van der Waals surface area contributed by atoms with Gasteiger partial charge in [0, 0.05) is 30.0 Å². The Bertz CT molecular complexity index is 1050. The summed E-state index contributed by atoms with van der Waals surface area (Å²) in [5.41, 5.74) is 3.02. The van der Waals surface area contributed by atoms with Crippen molar-refractivity contribution in [2.45, 2.75) is 53.5 Å². The highest BCUT2D eigenvalue weighted by Crippen LogP contribution is 2.25. The third kappa shape index (κ3) is 4.31. The van der Waals surface area contributed by atoms with Crippen LogP contribution in [0.1, 0.15) is 85.9 Å². The Morgan fingerprint density at radius 2 is 1.65 bits per heavy atom. The maximum atomic E-state index is 12.6. The van der Waals surface area contributed by atoms with Crippen LogP contribution in [0.15, 0.2) is 24.3 Å². The average molecular weight is 424 g/mol.